The van der Waals surface area contributed by atoms with Gasteiger partial charge in [0.05, 0.1) is 0 Å². The van der Waals surface area contributed by atoms with Crippen molar-refractivity contribution in [3.05, 3.63) is 0 Å². The minimum atomic E-state index is 0.140. The predicted molar refractivity (Wildman–Crippen MR) is 93.1 cm³/mol. The molecule has 1 unspecified atom stereocenters. The van der Waals surface area contributed by atoms with Crippen molar-refractivity contribution in [2.75, 3.05) is 0 Å². The molecule has 0 saturated heterocycles. The maximum absolute atomic E-state index is 4.69. The summed E-state index contributed by atoms with van der Waals surface area (Å²) in [5.74, 6) is 0.732. The molecule has 0 aromatic rings. The van der Waals surface area contributed by atoms with Gasteiger partial charge in [0.15, 0.2) is 0 Å². The Kier molecular flexibility index (Phi) is 6.11. The van der Waals surface area contributed by atoms with E-state index in [1.165, 1.54) is 19.3 Å². The van der Waals surface area contributed by atoms with Crippen molar-refractivity contribution in [3.63, 3.8) is 0 Å². The third-order valence-electron chi connectivity index (χ3n) is 4.19. The number of hydrogen-bond donors (Lipinski definition) is 1. The molecule has 0 radical (unpaired) electrons. The van der Waals surface area contributed by atoms with Crippen LogP contribution in [-0.4, -0.2) is 4.75 Å². The lowest BCUT2D eigenvalue weighted by molar-refractivity contribution is 0.0373. The van der Waals surface area contributed by atoms with Crippen LogP contribution in [0, 0.1) is 22.2 Å². The molecule has 0 saturated carbocycles. The molecule has 116 valence electrons. The van der Waals surface area contributed by atoms with Gasteiger partial charge in [0.25, 0.3) is 0 Å². The van der Waals surface area contributed by atoms with Gasteiger partial charge in [-0.15, -0.1) is 0 Å². The summed E-state index contributed by atoms with van der Waals surface area (Å²) in [6, 6.07) is 0. The molecule has 0 aliphatic heterocycles. The molecule has 0 fully saturated rings. The van der Waals surface area contributed by atoms with Gasteiger partial charge in [-0.1, -0.05) is 69.2 Å². The fourth-order valence-electron chi connectivity index (χ4n) is 3.17. The van der Waals surface area contributed by atoms with Crippen LogP contribution in [0.2, 0.25) is 0 Å². The van der Waals surface area contributed by atoms with Crippen LogP contribution in [-0.2, 0) is 0 Å². The van der Waals surface area contributed by atoms with E-state index >= 15 is 0 Å². The van der Waals surface area contributed by atoms with E-state index in [-0.39, 0.29) is 4.75 Å². The van der Waals surface area contributed by atoms with Crippen LogP contribution >= 0.6 is 12.6 Å². The average Bonchev–Trinajstić information content (AvgIpc) is 2.07. The predicted octanol–water partition coefficient (Wildman–Crippen LogP) is 6.60. The Morgan fingerprint density at radius 3 is 1.42 bits per heavy atom. The van der Waals surface area contributed by atoms with Gasteiger partial charge in [-0.05, 0) is 41.4 Å². The Bertz CT molecular complexity index is 268. The van der Waals surface area contributed by atoms with Gasteiger partial charge in [0, 0.05) is 4.75 Å². The zero-order valence-corrected chi connectivity index (χ0v) is 16.0. The first-order valence-corrected chi connectivity index (χ1v) is 8.22. The first kappa shape index (κ1) is 19.4. The molecule has 0 spiro atoms. The minimum absolute atomic E-state index is 0.140. The first-order chi connectivity index (χ1) is 8.05. The summed E-state index contributed by atoms with van der Waals surface area (Å²) in [4.78, 5) is 0. The average molecular weight is 287 g/mol. The van der Waals surface area contributed by atoms with Crippen molar-refractivity contribution in [3.8, 4) is 0 Å². The van der Waals surface area contributed by atoms with E-state index < -0.39 is 0 Å². The maximum atomic E-state index is 4.69. The highest BCUT2D eigenvalue weighted by molar-refractivity contribution is 7.81. The highest BCUT2D eigenvalue weighted by Crippen LogP contribution is 2.49. The van der Waals surface area contributed by atoms with Crippen LogP contribution in [0.25, 0.3) is 0 Å². The van der Waals surface area contributed by atoms with Crippen molar-refractivity contribution in [2.24, 2.45) is 22.2 Å². The first-order valence-electron chi connectivity index (χ1n) is 7.77. The van der Waals surface area contributed by atoms with Crippen LogP contribution in [0.1, 0.15) is 88.5 Å². The molecular formula is C18H38S. The van der Waals surface area contributed by atoms with E-state index in [1.54, 1.807) is 0 Å². The molecule has 0 aromatic carbocycles. The van der Waals surface area contributed by atoms with Gasteiger partial charge in [-0.3, -0.25) is 0 Å². The molecule has 0 aromatic heterocycles. The summed E-state index contributed by atoms with van der Waals surface area (Å²) < 4.78 is 0.140. The van der Waals surface area contributed by atoms with E-state index in [2.05, 4.69) is 69.2 Å². The molecule has 19 heavy (non-hydrogen) atoms. The smallest absolute Gasteiger partial charge is 0.00733 e. The Morgan fingerprint density at radius 1 is 0.737 bits per heavy atom. The van der Waals surface area contributed by atoms with Gasteiger partial charge in [-0.25, -0.2) is 0 Å². The molecule has 0 N–H and O–H groups in total. The maximum Gasteiger partial charge on any atom is 0.00733 e. The molecule has 1 heteroatoms. The van der Waals surface area contributed by atoms with Crippen LogP contribution in [0.3, 0.4) is 0 Å². The summed E-state index contributed by atoms with van der Waals surface area (Å²) in [5.41, 5.74) is 1.12. The summed E-state index contributed by atoms with van der Waals surface area (Å²) in [6.07, 6.45) is 3.72. The van der Waals surface area contributed by atoms with E-state index in [0.29, 0.717) is 16.2 Å². The van der Waals surface area contributed by atoms with Gasteiger partial charge < -0.3 is 0 Å². The van der Waals surface area contributed by atoms with Gasteiger partial charge in [0.2, 0.25) is 0 Å². The van der Waals surface area contributed by atoms with E-state index in [1.807, 2.05) is 0 Å². The largest absolute Gasteiger partial charge is 0.173 e. The SMILES string of the molecule is CC(C)(C)CC(C(C)(C)C)C(C)(C)CCC(C)(C)S. The molecule has 1 atom stereocenters. The second-order valence-corrected chi connectivity index (χ2v) is 11.2. The number of rotatable bonds is 5. The van der Waals surface area contributed by atoms with Crippen LogP contribution < -0.4 is 0 Å². The topological polar surface area (TPSA) is 0 Å². The molecular weight excluding hydrogens is 248 g/mol. The Balaban J connectivity index is 5.03. The summed E-state index contributed by atoms with van der Waals surface area (Å²) in [7, 11) is 0. The van der Waals surface area contributed by atoms with Gasteiger partial charge in [0.1, 0.15) is 0 Å². The van der Waals surface area contributed by atoms with E-state index in [0.717, 1.165) is 5.92 Å². The van der Waals surface area contributed by atoms with Crippen LogP contribution in [0.5, 0.6) is 0 Å². The molecule has 0 heterocycles. The fourth-order valence-corrected chi connectivity index (χ4v) is 3.28. The lowest BCUT2D eigenvalue weighted by atomic mass is 9.59. The van der Waals surface area contributed by atoms with Crippen LogP contribution in [0.15, 0.2) is 0 Å². The second kappa shape index (κ2) is 6.00. The Morgan fingerprint density at radius 2 is 1.16 bits per heavy atom. The van der Waals surface area contributed by atoms with Crippen molar-refractivity contribution < 1.29 is 0 Å². The third-order valence-corrected chi connectivity index (χ3v) is 4.41. The summed E-state index contributed by atoms with van der Waals surface area (Å²) >= 11 is 4.69. The normalized spacial score (nSPS) is 16.6. The Hall–Kier alpha value is 0.350. The highest BCUT2D eigenvalue weighted by Gasteiger charge is 2.40. The van der Waals surface area contributed by atoms with Crippen molar-refractivity contribution in [1.29, 1.82) is 0 Å². The summed E-state index contributed by atoms with van der Waals surface area (Å²) in [6.45, 7) is 23.6. The Labute approximate surface area is 128 Å². The third kappa shape index (κ3) is 8.27. The van der Waals surface area contributed by atoms with Crippen molar-refractivity contribution in [1.82, 2.24) is 0 Å². The summed E-state index contributed by atoms with van der Waals surface area (Å²) in [5, 5.41) is 0. The highest BCUT2D eigenvalue weighted by atomic mass is 32.1. The lowest BCUT2D eigenvalue weighted by Gasteiger charge is -2.46. The van der Waals surface area contributed by atoms with Crippen molar-refractivity contribution >= 4 is 12.6 Å². The van der Waals surface area contributed by atoms with Gasteiger partial charge in [-0.2, -0.15) is 12.6 Å². The molecule has 0 nitrogen and oxygen atoms in total. The quantitative estimate of drug-likeness (QED) is 0.541. The second-order valence-electron chi connectivity index (χ2n) is 9.98. The van der Waals surface area contributed by atoms with E-state index in [4.69, 9.17) is 12.6 Å². The molecule has 0 rings (SSSR count). The van der Waals surface area contributed by atoms with Crippen molar-refractivity contribution in [2.45, 2.75) is 93.2 Å². The molecule has 0 amide bonds. The zero-order chi connectivity index (χ0) is 15.7. The number of hydrogen-bond acceptors (Lipinski definition) is 1. The molecule has 0 bridgehead atoms. The van der Waals surface area contributed by atoms with Gasteiger partial charge >= 0.3 is 0 Å². The zero-order valence-electron chi connectivity index (χ0n) is 15.1. The lowest BCUT2D eigenvalue weighted by Crippen LogP contribution is -2.38. The standard InChI is InChI=1S/C18H38S/c1-15(2,3)13-14(16(4,5)6)17(7,8)11-12-18(9,10)19/h14,19H,11-13H2,1-10H3. The number of thiol groups is 1. The molecule has 0 aliphatic carbocycles. The van der Waals surface area contributed by atoms with Crippen LogP contribution in [0.4, 0.5) is 0 Å². The molecule has 0 aliphatic rings. The van der Waals surface area contributed by atoms with E-state index in [9.17, 15) is 0 Å². The minimum Gasteiger partial charge on any atom is -0.173 e. The monoisotopic (exact) mass is 286 g/mol. The fraction of sp³-hybridized carbons (Fsp3) is 1.00.